The van der Waals surface area contributed by atoms with E-state index in [0.717, 1.165) is 12.8 Å². The van der Waals surface area contributed by atoms with Gasteiger partial charge in [-0.15, -0.1) is 0 Å². The molecule has 0 fully saturated rings. The van der Waals surface area contributed by atoms with Crippen LogP contribution in [0.1, 0.15) is 103 Å². The Bertz CT molecular complexity index is 401. The van der Waals surface area contributed by atoms with Crippen molar-refractivity contribution in [3.8, 4) is 0 Å². The van der Waals surface area contributed by atoms with Gasteiger partial charge in [-0.3, -0.25) is 0 Å². The Morgan fingerprint density at radius 1 is 0.828 bits per heavy atom. The summed E-state index contributed by atoms with van der Waals surface area (Å²) in [6.45, 7) is 3.61. The van der Waals surface area contributed by atoms with Crippen LogP contribution in [0.2, 0.25) is 0 Å². The standard InChI is InChI=1S/C25H49NO3/c1-5-6-7-8-9-10-11-12-13-14-15-16-17-18-19-20-21-29-24(22-25(27)28)23-26(2,3)4/h12-13,24H,5-11,14-23H2,1-4H3/b13-12-. The van der Waals surface area contributed by atoms with Crippen molar-refractivity contribution in [3.05, 3.63) is 12.2 Å². The van der Waals surface area contributed by atoms with Crippen LogP contribution in [0.3, 0.4) is 0 Å². The molecule has 0 aliphatic carbocycles. The van der Waals surface area contributed by atoms with Crippen molar-refractivity contribution in [2.45, 2.75) is 109 Å². The number of carbonyl (C=O) groups excluding carboxylic acids is 1. The van der Waals surface area contributed by atoms with Gasteiger partial charge < -0.3 is 19.1 Å². The molecule has 1 unspecified atom stereocenters. The molecule has 0 N–H and O–H groups in total. The third-order valence-electron chi connectivity index (χ3n) is 5.16. The molecule has 29 heavy (non-hydrogen) atoms. The van der Waals surface area contributed by atoms with Crippen LogP contribution < -0.4 is 5.11 Å². The molecule has 0 aromatic heterocycles. The molecule has 0 amide bonds. The lowest BCUT2D eigenvalue weighted by molar-refractivity contribution is -0.873. The third-order valence-corrected chi connectivity index (χ3v) is 5.16. The smallest absolute Gasteiger partial charge is 0.112 e. The van der Waals surface area contributed by atoms with Gasteiger partial charge in [0.15, 0.2) is 0 Å². The lowest BCUT2D eigenvalue weighted by atomic mass is 10.1. The summed E-state index contributed by atoms with van der Waals surface area (Å²) in [6, 6.07) is 0. The molecule has 0 bridgehead atoms. The fourth-order valence-electron chi connectivity index (χ4n) is 3.57. The number of hydrogen-bond acceptors (Lipinski definition) is 3. The van der Waals surface area contributed by atoms with Gasteiger partial charge in [0.05, 0.1) is 21.1 Å². The van der Waals surface area contributed by atoms with E-state index < -0.39 is 5.97 Å². The number of carboxylic acids is 1. The van der Waals surface area contributed by atoms with Gasteiger partial charge in [0.2, 0.25) is 0 Å². The zero-order valence-electron chi connectivity index (χ0n) is 19.9. The minimum Gasteiger partial charge on any atom is -0.550 e. The van der Waals surface area contributed by atoms with Crippen LogP contribution >= 0.6 is 0 Å². The number of rotatable bonds is 21. The third kappa shape index (κ3) is 23.3. The van der Waals surface area contributed by atoms with E-state index in [1.54, 1.807) is 0 Å². The van der Waals surface area contributed by atoms with Crippen LogP contribution in [0.15, 0.2) is 12.2 Å². The summed E-state index contributed by atoms with van der Waals surface area (Å²) in [5, 5.41) is 10.9. The van der Waals surface area contributed by atoms with Crippen molar-refractivity contribution < 1.29 is 19.1 Å². The number of likely N-dealkylation sites (N-methyl/N-ethyl adjacent to an activating group) is 1. The van der Waals surface area contributed by atoms with Crippen molar-refractivity contribution >= 4 is 5.97 Å². The van der Waals surface area contributed by atoms with Crippen LogP contribution in [0.25, 0.3) is 0 Å². The fourth-order valence-corrected chi connectivity index (χ4v) is 3.57. The maximum Gasteiger partial charge on any atom is 0.112 e. The Labute approximate surface area is 181 Å². The molecular formula is C25H49NO3. The highest BCUT2D eigenvalue weighted by molar-refractivity contribution is 5.64. The van der Waals surface area contributed by atoms with Crippen molar-refractivity contribution in [1.29, 1.82) is 0 Å². The van der Waals surface area contributed by atoms with Gasteiger partial charge in [-0.25, -0.2) is 0 Å². The molecule has 0 aliphatic heterocycles. The summed E-state index contributed by atoms with van der Waals surface area (Å²) in [6.07, 6.45) is 22.5. The zero-order valence-corrected chi connectivity index (χ0v) is 19.9. The van der Waals surface area contributed by atoms with Gasteiger partial charge in [-0.05, 0) is 32.1 Å². The van der Waals surface area contributed by atoms with Crippen LogP contribution in [-0.2, 0) is 9.53 Å². The SMILES string of the molecule is CCCCCCCC/C=C\CCCCCCCCOC(CC(=O)[O-])C[N+](C)(C)C. The molecule has 0 saturated carbocycles. The highest BCUT2D eigenvalue weighted by atomic mass is 16.5. The van der Waals surface area contributed by atoms with Gasteiger partial charge in [0.1, 0.15) is 12.6 Å². The molecule has 0 radical (unpaired) electrons. The molecule has 4 heteroatoms. The lowest BCUT2D eigenvalue weighted by Crippen LogP contribution is -2.44. The van der Waals surface area contributed by atoms with Crippen molar-refractivity contribution in [2.24, 2.45) is 0 Å². The van der Waals surface area contributed by atoms with Gasteiger partial charge in [0, 0.05) is 19.0 Å². The number of ether oxygens (including phenoxy) is 1. The van der Waals surface area contributed by atoms with Crippen molar-refractivity contribution in [2.75, 3.05) is 34.3 Å². The summed E-state index contributed by atoms with van der Waals surface area (Å²) >= 11 is 0. The van der Waals surface area contributed by atoms with E-state index in [2.05, 4.69) is 40.2 Å². The highest BCUT2D eigenvalue weighted by Crippen LogP contribution is 2.11. The summed E-state index contributed by atoms with van der Waals surface area (Å²) in [4.78, 5) is 10.9. The molecule has 4 nitrogen and oxygen atoms in total. The molecule has 1 atom stereocenters. The molecule has 0 rings (SSSR count). The summed E-state index contributed by atoms with van der Waals surface area (Å²) in [5.41, 5.74) is 0. The molecule has 0 saturated heterocycles. The number of aliphatic carboxylic acids is 1. The first-order chi connectivity index (χ1) is 13.8. The number of quaternary nitrogens is 1. The van der Waals surface area contributed by atoms with E-state index in [1.807, 2.05) is 0 Å². The predicted molar refractivity (Wildman–Crippen MR) is 122 cm³/mol. The maximum atomic E-state index is 10.9. The monoisotopic (exact) mass is 411 g/mol. The van der Waals surface area contributed by atoms with Crippen LogP contribution in [0, 0.1) is 0 Å². The number of carboxylic acid groups (broad SMARTS) is 1. The van der Waals surface area contributed by atoms with Crippen molar-refractivity contribution in [1.82, 2.24) is 0 Å². The zero-order chi connectivity index (χ0) is 21.8. The van der Waals surface area contributed by atoms with Gasteiger partial charge in [-0.2, -0.15) is 0 Å². The molecule has 0 heterocycles. The molecule has 172 valence electrons. The number of carbonyl (C=O) groups is 1. The first-order valence-corrected chi connectivity index (χ1v) is 12.1. The Morgan fingerprint density at radius 2 is 1.31 bits per heavy atom. The van der Waals surface area contributed by atoms with E-state index in [-0.39, 0.29) is 12.5 Å². The minimum atomic E-state index is -1.02. The quantitative estimate of drug-likeness (QED) is 0.147. The van der Waals surface area contributed by atoms with E-state index in [9.17, 15) is 9.90 Å². The van der Waals surface area contributed by atoms with Crippen LogP contribution in [-0.4, -0.2) is 50.9 Å². The molecule has 0 aliphatic rings. The molecule has 0 aromatic rings. The summed E-state index contributed by atoms with van der Waals surface area (Å²) in [7, 11) is 6.15. The fraction of sp³-hybridized carbons (Fsp3) is 0.880. The number of allylic oxidation sites excluding steroid dienone is 2. The first kappa shape index (κ1) is 28.1. The maximum absolute atomic E-state index is 10.9. The van der Waals surface area contributed by atoms with Crippen LogP contribution in [0.5, 0.6) is 0 Å². The topological polar surface area (TPSA) is 49.4 Å². The summed E-state index contributed by atoms with van der Waals surface area (Å²) < 4.78 is 6.50. The lowest BCUT2D eigenvalue weighted by Gasteiger charge is -2.29. The predicted octanol–water partition coefficient (Wildman–Crippen LogP) is 5.26. The number of nitrogens with zero attached hydrogens (tertiary/aromatic N) is 1. The summed E-state index contributed by atoms with van der Waals surface area (Å²) in [5.74, 6) is -1.02. The van der Waals surface area contributed by atoms with Crippen molar-refractivity contribution in [3.63, 3.8) is 0 Å². The Hall–Kier alpha value is -0.870. The minimum absolute atomic E-state index is 0.0120. The van der Waals surface area contributed by atoms with E-state index in [0.29, 0.717) is 17.6 Å². The molecule has 0 spiro atoms. The Kier molecular flexibility index (Phi) is 18.5. The second kappa shape index (κ2) is 19.1. The number of hydrogen-bond donors (Lipinski definition) is 0. The highest BCUT2D eigenvalue weighted by Gasteiger charge is 2.18. The molecular weight excluding hydrogens is 362 g/mol. The Morgan fingerprint density at radius 3 is 1.79 bits per heavy atom. The molecule has 0 aromatic carbocycles. The van der Waals surface area contributed by atoms with E-state index in [1.165, 1.54) is 77.0 Å². The average molecular weight is 412 g/mol. The van der Waals surface area contributed by atoms with Gasteiger partial charge >= 0.3 is 0 Å². The second-order valence-electron chi connectivity index (χ2n) is 9.48. The Balaban J connectivity index is 3.47. The van der Waals surface area contributed by atoms with E-state index >= 15 is 0 Å². The van der Waals surface area contributed by atoms with E-state index in [4.69, 9.17) is 4.74 Å². The number of unbranched alkanes of at least 4 members (excludes halogenated alkanes) is 12. The van der Waals surface area contributed by atoms with Gasteiger partial charge in [-0.1, -0.05) is 76.9 Å². The normalized spacial score (nSPS) is 13.2. The van der Waals surface area contributed by atoms with Crippen LogP contribution in [0.4, 0.5) is 0 Å². The average Bonchev–Trinajstić information content (AvgIpc) is 2.62. The largest absolute Gasteiger partial charge is 0.550 e. The second-order valence-corrected chi connectivity index (χ2v) is 9.48. The van der Waals surface area contributed by atoms with Gasteiger partial charge in [0.25, 0.3) is 0 Å². The first-order valence-electron chi connectivity index (χ1n) is 12.1.